The van der Waals surface area contributed by atoms with Crippen molar-refractivity contribution in [2.75, 3.05) is 17.6 Å². The second-order valence-corrected chi connectivity index (χ2v) is 7.06. The highest BCUT2D eigenvalue weighted by atomic mass is 32.2. The standard InChI is InChI=1S/C15H12N2O8S/c18-15(19)8-16(11-3-6-13-14(7-11)25-9-24-13)26(22,23)12-4-1-10(2-5-12)17(20)21/h1-7H,8-9H2,(H,18,19). The number of anilines is 1. The van der Waals surface area contributed by atoms with Crippen molar-refractivity contribution in [3.8, 4) is 11.5 Å². The van der Waals surface area contributed by atoms with Gasteiger partial charge in [0.25, 0.3) is 15.7 Å². The maximum absolute atomic E-state index is 12.9. The highest BCUT2D eigenvalue weighted by Crippen LogP contribution is 2.37. The lowest BCUT2D eigenvalue weighted by Gasteiger charge is -2.22. The van der Waals surface area contributed by atoms with E-state index < -0.39 is 27.5 Å². The predicted octanol–water partition coefficient (Wildman–Crippen LogP) is 1.60. The highest BCUT2D eigenvalue weighted by Gasteiger charge is 2.29. The molecular formula is C15H12N2O8S. The van der Waals surface area contributed by atoms with Gasteiger partial charge >= 0.3 is 5.97 Å². The number of benzene rings is 2. The van der Waals surface area contributed by atoms with Crippen molar-refractivity contribution in [2.45, 2.75) is 4.90 Å². The third-order valence-electron chi connectivity index (χ3n) is 3.56. The molecule has 0 atom stereocenters. The molecule has 0 saturated carbocycles. The molecule has 0 spiro atoms. The van der Waals surface area contributed by atoms with E-state index in [1.54, 1.807) is 0 Å². The van der Waals surface area contributed by atoms with Crippen LogP contribution in [0, 0.1) is 10.1 Å². The van der Waals surface area contributed by atoms with Crippen LogP contribution in [-0.2, 0) is 14.8 Å². The summed E-state index contributed by atoms with van der Waals surface area (Å²) in [7, 11) is -4.28. The van der Waals surface area contributed by atoms with Crippen molar-refractivity contribution in [2.24, 2.45) is 0 Å². The van der Waals surface area contributed by atoms with Crippen molar-refractivity contribution in [3.63, 3.8) is 0 Å². The first-order chi connectivity index (χ1) is 12.3. The summed E-state index contributed by atoms with van der Waals surface area (Å²) < 4.78 is 36.8. The summed E-state index contributed by atoms with van der Waals surface area (Å²) in [6, 6.07) is 8.38. The third-order valence-corrected chi connectivity index (χ3v) is 5.35. The smallest absolute Gasteiger partial charge is 0.324 e. The van der Waals surface area contributed by atoms with Crippen LogP contribution in [0.5, 0.6) is 11.5 Å². The van der Waals surface area contributed by atoms with Crippen LogP contribution in [0.4, 0.5) is 11.4 Å². The number of sulfonamides is 1. The van der Waals surface area contributed by atoms with Crippen molar-refractivity contribution in [1.82, 2.24) is 0 Å². The molecule has 2 aromatic carbocycles. The second-order valence-electron chi connectivity index (χ2n) is 5.19. The number of fused-ring (bicyclic) bond motifs is 1. The van der Waals surface area contributed by atoms with Crippen molar-refractivity contribution in [1.29, 1.82) is 0 Å². The van der Waals surface area contributed by atoms with Crippen LogP contribution >= 0.6 is 0 Å². The Labute approximate surface area is 147 Å². The van der Waals surface area contributed by atoms with Gasteiger partial charge in [0.1, 0.15) is 6.54 Å². The Morgan fingerprint density at radius 3 is 2.42 bits per heavy atom. The molecule has 0 bridgehead atoms. The van der Waals surface area contributed by atoms with Crippen molar-refractivity contribution in [3.05, 3.63) is 52.6 Å². The van der Waals surface area contributed by atoms with Gasteiger partial charge in [-0.15, -0.1) is 0 Å². The molecule has 1 heterocycles. The summed E-state index contributed by atoms with van der Waals surface area (Å²) in [6.45, 7) is -0.855. The van der Waals surface area contributed by atoms with Gasteiger partial charge in [-0.25, -0.2) is 8.42 Å². The molecule has 3 rings (SSSR count). The van der Waals surface area contributed by atoms with E-state index in [2.05, 4.69) is 0 Å². The topological polar surface area (TPSA) is 136 Å². The molecule has 0 fully saturated rings. The van der Waals surface area contributed by atoms with Gasteiger partial charge in [-0.2, -0.15) is 0 Å². The minimum atomic E-state index is -4.28. The maximum Gasteiger partial charge on any atom is 0.324 e. The SMILES string of the molecule is O=C(O)CN(c1ccc2c(c1)OCO2)S(=O)(=O)c1ccc([N+](=O)[O-])cc1. The number of rotatable bonds is 6. The van der Waals surface area contributed by atoms with E-state index in [1.165, 1.54) is 18.2 Å². The number of ether oxygens (including phenoxy) is 2. The monoisotopic (exact) mass is 380 g/mol. The van der Waals surface area contributed by atoms with Gasteiger partial charge in [-0.05, 0) is 24.3 Å². The number of nitrogens with zero attached hydrogens (tertiary/aromatic N) is 2. The van der Waals surface area contributed by atoms with Crippen LogP contribution in [0.15, 0.2) is 47.4 Å². The van der Waals surface area contributed by atoms with Crippen molar-refractivity contribution >= 4 is 27.4 Å². The third kappa shape index (κ3) is 3.24. The van der Waals surface area contributed by atoms with Crippen LogP contribution in [0.25, 0.3) is 0 Å². The lowest BCUT2D eigenvalue weighted by molar-refractivity contribution is -0.384. The summed E-state index contributed by atoms with van der Waals surface area (Å²) in [6.07, 6.45) is 0. The molecule has 10 nitrogen and oxygen atoms in total. The van der Waals surface area contributed by atoms with Gasteiger partial charge in [0.15, 0.2) is 11.5 Å². The van der Waals surface area contributed by atoms with Gasteiger partial charge < -0.3 is 14.6 Å². The fourth-order valence-electron chi connectivity index (χ4n) is 2.35. The lowest BCUT2D eigenvalue weighted by Crippen LogP contribution is -2.35. The number of carbonyl (C=O) groups is 1. The summed E-state index contributed by atoms with van der Waals surface area (Å²) in [4.78, 5) is 21.0. The number of nitro groups is 1. The molecule has 0 amide bonds. The Morgan fingerprint density at radius 1 is 1.15 bits per heavy atom. The number of nitro benzene ring substituents is 1. The number of carboxylic acids is 1. The Morgan fingerprint density at radius 2 is 1.81 bits per heavy atom. The molecular weight excluding hydrogens is 368 g/mol. The van der Waals surface area contributed by atoms with Crippen LogP contribution in [-0.4, -0.2) is 37.8 Å². The zero-order valence-electron chi connectivity index (χ0n) is 13.1. The molecule has 0 radical (unpaired) electrons. The van der Waals surface area contributed by atoms with Gasteiger partial charge in [-0.3, -0.25) is 19.2 Å². The molecule has 2 aromatic rings. The first-order valence-electron chi connectivity index (χ1n) is 7.17. The first-order valence-corrected chi connectivity index (χ1v) is 8.61. The van der Waals surface area contributed by atoms with Gasteiger partial charge in [0.05, 0.1) is 15.5 Å². The van der Waals surface area contributed by atoms with Gasteiger partial charge in [-0.1, -0.05) is 0 Å². The zero-order valence-corrected chi connectivity index (χ0v) is 13.9. The van der Waals surface area contributed by atoms with E-state index in [1.807, 2.05) is 0 Å². The minimum absolute atomic E-state index is 0.0210. The predicted molar refractivity (Wildman–Crippen MR) is 87.8 cm³/mol. The summed E-state index contributed by atoms with van der Waals surface area (Å²) in [5, 5.41) is 19.8. The number of hydrogen-bond acceptors (Lipinski definition) is 7. The average molecular weight is 380 g/mol. The van der Waals surface area contributed by atoms with Gasteiger partial charge in [0, 0.05) is 18.2 Å². The minimum Gasteiger partial charge on any atom is -0.480 e. The van der Waals surface area contributed by atoms with Crippen LogP contribution < -0.4 is 13.8 Å². The second kappa shape index (κ2) is 6.52. The van der Waals surface area contributed by atoms with Crippen molar-refractivity contribution < 1.29 is 32.7 Å². The molecule has 1 aliphatic heterocycles. The molecule has 1 N–H and O–H groups in total. The molecule has 0 aliphatic carbocycles. The van der Waals surface area contributed by atoms with E-state index in [9.17, 15) is 23.3 Å². The normalized spacial score (nSPS) is 12.6. The van der Waals surface area contributed by atoms with Gasteiger partial charge in [0.2, 0.25) is 6.79 Å². The molecule has 0 aromatic heterocycles. The number of non-ortho nitro benzene ring substituents is 1. The van der Waals surface area contributed by atoms with E-state index in [0.29, 0.717) is 10.1 Å². The molecule has 0 saturated heterocycles. The molecule has 136 valence electrons. The summed E-state index contributed by atoms with van der Waals surface area (Å²) in [5.41, 5.74) is -0.216. The Kier molecular flexibility index (Phi) is 4.38. The molecule has 26 heavy (non-hydrogen) atoms. The van der Waals surface area contributed by atoms with E-state index in [4.69, 9.17) is 14.6 Å². The van der Waals surface area contributed by atoms with Crippen LogP contribution in [0.3, 0.4) is 0 Å². The summed E-state index contributed by atoms with van der Waals surface area (Å²) in [5.74, 6) is -0.665. The number of aliphatic carboxylic acids is 1. The first kappa shape index (κ1) is 17.5. The molecule has 11 heteroatoms. The van der Waals surface area contributed by atoms with Crippen LogP contribution in [0.2, 0.25) is 0 Å². The largest absolute Gasteiger partial charge is 0.480 e. The maximum atomic E-state index is 12.9. The fraction of sp³-hybridized carbons (Fsp3) is 0.133. The Hall–Kier alpha value is -3.34. The Balaban J connectivity index is 2.03. The Bertz CT molecular complexity index is 972. The lowest BCUT2D eigenvalue weighted by atomic mass is 10.3. The number of hydrogen-bond donors (Lipinski definition) is 1. The van der Waals surface area contributed by atoms with E-state index in [-0.39, 0.29) is 28.8 Å². The summed E-state index contributed by atoms with van der Waals surface area (Å²) >= 11 is 0. The number of carboxylic acid groups (broad SMARTS) is 1. The highest BCUT2D eigenvalue weighted by molar-refractivity contribution is 7.92. The van der Waals surface area contributed by atoms with E-state index in [0.717, 1.165) is 24.3 Å². The molecule has 0 unspecified atom stereocenters. The van der Waals surface area contributed by atoms with Crippen LogP contribution in [0.1, 0.15) is 0 Å². The zero-order chi connectivity index (χ0) is 18.9. The molecule has 1 aliphatic rings. The fourth-order valence-corrected chi connectivity index (χ4v) is 3.75. The quantitative estimate of drug-likeness (QED) is 0.589. The average Bonchev–Trinajstić information content (AvgIpc) is 3.07. The van der Waals surface area contributed by atoms with E-state index >= 15 is 0 Å².